The van der Waals surface area contributed by atoms with Crippen LogP contribution in [0.4, 0.5) is 10.2 Å². The minimum Gasteiger partial charge on any atom is -0.483 e. The Morgan fingerprint density at radius 2 is 2.11 bits per heavy atom. The molecule has 13 heteroatoms. The van der Waals surface area contributed by atoms with E-state index >= 15 is 0 Å². The number of carbonyl (C=O) groups is 2. The zero-order valence-corrected chi connectivity index (χ0v) is 19.5. The first-order valence-corrected chi connectivity index (χ1v) is 11.2. The Hall–Kier alpha value is -4.13. The molecule has 4 heterocycles. The maximum Gasteiger partial charge on any atom is 0.425 e. The summed E-state index contributed by atoms with van der Waals surface area (Å²) >= 11 is 0. The van der Waals surface area contributed by atoms with Crippen molar-refractivity contribution in [2.45, 2.75) is 38.4 Å². The van der Waals surface area contributed by atoms with Crippen LogP contribution in [-0.4, -0.2) is 68.1 Å². The number of alkyl halides is 1. The number of carbonyl (C=O) groups excluding carboxylic acids is 1. The molecule has 1 atom stereocenters. The lowest BCUT2D eigenvalue weighted by Crippen LogP contribution is -2.33. The van der Waals surface area contributed by atoms with E-state index < -0.39 is 12.4 Å². The summed E-state index contributed by atoms with van der Waals surface area (Å²) in [5, 5.41) is 9.46. The lowest BCUT2D eigenvalue weighted by atomic mass is 10.1. The maximum atomic E-state index is 13.2. The second kappa shape index (κ2) is 11.1. The van der Waals surface area contributed by atoms with Gasteiger partial charge in [0.15, 0.2) is 18.2 Å². The van der Waals surface area contributed by atoms with Gasteiger partial charge in [0, 0.05) is 30.4 Å². The molecule has 1 unspecified atom stereocenters. The molecular weight excluding hydrogens is 475 g/mol. The number of anilines is 1. The number of carboxylic acid groups (broad SMARTS) is 1. The maximum absolute atomic E-state index is 13.2. The molecule has 0 bridgehead atoms. The van der Waals surface area contributed by atoms with Crippen LogP contribution in [0, 0.1) is 0 Å². The summed E-state index contributed by atoms with van der Waals surface area (Å²) in [7, 11) is 2.06. The van der Waals surface area contributed by atoms with E-state index in [1.165, 1.54) is 10.8 Å². The van der Waals surface area contributed by atoms with Crippen molar-refractivity contribution in [3.63, 3.8) is 0 Å². The third kappa shape index (κ3) is 5.40. The van der Waals surface area contributed by atoms with Crippen LogP contribution in [0.1, 0.15) is 28.9 Å². The fourth-order valence-electron chi connectivity index (χ4n) is 4.32. The molecule has 0 spiro atoms. The van der Waals surface area contributed by atoms with Gasteiger partial charge < -0.3 is 24.5 Å². The average molecular weight is 500 g/mol. The smallest absolute Gasteiger partial charge is 0.425 e. The topological polar surface area (TPSA) is 153 Å². The minimum atomic E-state index is -0.576. The van der Waals surface area contributed by atoms with Crippen molar-refractivity contribution >= 4 is 18.2 Å². The fourth-order valence-corrected chi connectivity index (χ4v) is 4.32. The number of nitrogens with one attached hydrogen (secondary N) is 1. The van der Waals surface area contributed by atoms with Crippen LogP contribution in [0.25, 0.3) is 5.82 Å². The third-order valence-electron chi connectivity index (χ3n) is 6.09. The van der Waals surface area contributed by atoms with Crippen LogP contribution in [0.2, 0.25) is 0 Å². The standard InChI is InChI=1S/C22H23FN6O4.CH2O2/c1-28(15-5-13-8-24-9-14(7-23)17(13)6-15)4-2-3-16-11-29(22(31)33-16)18-10-25-21-20(26-18)27-19(30)12-32-21;2-1-3/h8-11,15H,2-7,12H2,1H3,(H,26,27,30);1H,(H,2,3). The Labute approximate surface area is 204 Å². The molecule has 0 radical (unpaired) electrons. The van der Waals surface area contributed by atoms with Gasteiger partial charge in [0.05, 0.1) is 12.4 Å². The number of amides is 1. The van der Waals surface area contributed by atoms with Crippen LogP contribution in [-0.2, 0) is 35.5 Å². The Kier molecular flexibility index (Phi) is 7.68. The summed E-state index contributed by atoms with van der Waals surface area (Å²) in [5.74, 6) is 0.240. The molecule has 1 amide bonds. The van der Waals surface area contributed by atoms with Gasteiger partial charge in [-0.15, -0.1) is 0 Å². The van der Waals surface area contributed by atoms with Gasteiger partial charge in [-0.05, 0) is 44.0 Å². The van der Waals surface area contributed by atoms with Gasteiger partial charge in [-0.25, -0.2) is 23.7 Å². The highest BCUT2D eigenvalue weighted by molar-refractivity contribution is 5.93. The number of oxazole rings is 1. The van der Waals surface area contributed by atoms with E-state index in [4.69, 9.17) is 19.1 Å². The molecule has 0 saturated heterocycles. The lowest BCUT2D eigenvalue weighted by molar-refractivity contribution is -0.123. The molecule has 190 valence electrons. The number of hydrogen-bond donors (Lipinski definition) is 2. The number of pyridine rings is 1. The molecule has 1 aliphatic carbocycles. The summed E-state index contributed by atoms with van der Waals surface area (Å²) < 4.78 is 25.1. The Bertz CT molecular complexity index is 1310. The zero-order valence-electron chi connectivity index (χ0n) is 19.5. The average Bonchev–Trinajstić information content (AvgIpc) is 3.47. The molecule has 1 aliphatic heterocycles. The van der Waals surface area contributed by atoms with Crippen LogP contribution in [0.15, 0.2) is 34.0 Å². The number of hydrogen-bond acceptors (Lipinski definition) is 9. The molecule has 2 N–H and O–H groups in total. The minimum absolute atomic E-state index is 0.119. The highest BCUT2D eigenvalue weighted by Gasteiger charge is 2.27. The van der Waals surface area contributed by atoms with Gasteiger partial charge in [0.1, 0.15) is 12.4 Å². The van der Waals surface area contributed by atoms with Crippen LogP contribution in [0.5, 0.6) is 5.88 Å². The van der Waals surface area contributed by atoms with Crippen molar-refractivity contribution in [3.8, 4) is 11.7 Å². The molecule has 5 rings (SSSR count). The van der Waals surface area contributed by atoms with E-state index in [0.29, 0.717) is 23.8 Å². The molecule has 0 fully saturated rings. The van der Waals surface area contributed by atoms with Crippen molar-refractivity contribution in [1.82, 2.24) is 24.4 Å². The van der Waals surface area contributed by atoms with Gasteiger partial charge in [0.2, 0.25) is 0 Å². The first-order chi connectivity index (χ1) is 17.4. The first kappa shape index (κ1) is 25.0. The van der Waals surface area contributed by atoms with Crippen molar-refractivity contribution < 1.29 is 28.2 Å². The second-order valence-electron chi connectivity index (χ2n) is 8.37. The van der Waals surface area contributed by atoms with Gasteiger partial charge in [0.25, 0.3) is 18.3 Å². The number of aromatic nitrogens is 4. The van der Waals surface area contributed by atoms with Crippen molar-refractivity contribution in [2.75, 3.05) is 25.5 Å². The highest BCUT2D eigenvalue weighted by Crippen LogP contribution is 2.28. The van der Waals surface area contributed by atoms with Crippen molar-refractivity contribution in [1.29, 1.82) is 0 Å². The Morgan fingerprint density at radius 3 is 2.89 bits per heavy atom. The lowest BCUT2D eigenvalue weighted by Gasteiger charge is -2.23. The van der Waals surface area contributed by atoms with E-state index in [-0.39, 0.29) is 36.5 Å². The van der Waals surface area contributed by atoms with Crippen LogP contribution < -0.4 is 15.8 Å². The van der Waals surface area contributed by atoms with Crippen LogP contribution in [0.3, 0.4) is 0 Å². The number of halogens is 1. The number of nitrogens with zero attached hydrogens (tertiary/aromatic N) is 5. The predicted octanol–water partition coefficient (Wildman–Crippen LogP) is 1.15. The summed E-state index contributed by atoms with van der Waals surface area (Å²) in [4.78, 5) is 46.9. The normalized spacial score (nSPS) is 15.9. The van der Waals surface area contributed by atoms with Crippen molar-refractivity contribution in [3.05, 3.63) is 57.8 Å². The Morgan fingerprint density at radius 1 is 1.31 bits per heavy atom. The number of fused-ring (bicyclic) bond motifs is 2. The highest BCUT2D eigenvalue weighted by atomic mass is 19.1. The predicted molar refractivity (Wildman–Crippen MR) is 124 cm³/mol. The van der Waals surface area contributed by atoms with Gasteiger partial charge in [-0.3, -0.25) is 14.6 Å². The van der Waals surface area contributed by atoms with Gasteiger partial charge >= 0.3 is 5.76 Å². The van der Waals surface area contributed by atoms with E-state index in [1.807, 2.05) is 6.20 Å². The number of likely N-dealkylation sites (N-methyl/N-ethyl adjacent to an activating group) is 1. The monoisotopic (exact) mass is 500 g/mol. The van der Waals surface area contributed by atoms with E-state index in [2.05, 4.69) is 32.2 Å². The van der Waals surface area contributed by atoms with Gasteiger partial charge in [-0.2, -0.15) is 0 Å². The summed E-state index contributed by atoms with van der Waals surface area (Å²) in [6.45, 7) is -0.0588. The Balaban J connectivity index is 0.000000967. The fraction of sp³-hybridized carbons (Fsp3) is 0.391. The number of aryl methyl sites for hydroxylation is 1. The zero-order chi connectivity index (χ0) is 25.7. The largest absolute Gasteiger partial charge is 0.483 e. The SMILES string of the molecule is CN(CCCc1cn(-c2cnc3c(n2)NC(=O)CO3)c(=O)o1)C1Cc2cncc(CF)c2C1.O=CO. The number of ether oxygens (including phenoxy) is 1. The summed E-state index contributed by atoms with van der Waals surface area (Å²) in [6, 6.07) is 0.300. The molecule has 3 aromatic heterocycles. The summed E-state index contributed by atoms with van der Waals surface area (Å²) in [5.41, 5.74) is 2.89. The van der Waals surface area contributed by atoms with E-state index in [0.717, 1.165) is 36.9 Å². The van der Waals surface area contributed by atoms with Crippen LogP contribution >= 0.6 is 0 Å². The molecule has 3 aromatic rings. The summed E-state index contributed by atoms with van der Waals surface area (Å²) in [6.07, 6.45) is 9.46. The molecule has 2 aliphatic rings. The molecule has 36 heavy (non-hydrogen) atoms. The van der Waals surface area contributed by atoms with Gasteiger partial charge in [-0.1, -0.05) is 0 Å². The quantitative estimate of drug-likeness (QED) is 0.452. The first-order valence-electron chi connectivity index (χ1n) is 11.2. The molecule has 0 saturated carbocycles. The number of rotatable bonds is 7. The molecule has 0 aromatic carbocycles. The second-order valence-corrected chi connectivity index (χ2v) is 8.37. The van der Waals surface area contributed by atoms with Crippen molar-refractivity contribution in [2.24, 2.45) is 0 Å². The third-order valence-corrected chi connectivity index (χ3v) is 6.09. The molecule has 12 nitrogen and oxygen atoms in total. The van der Waals surface area contributed by atoms with E-state index in [9.17, 15) is 14.0 Å². The van der Waals surface area contributed by atoms with E-state index in [1.54, 1.807) is 12.4 Å². The molecular formula is C23H25FN6O6.